The summed E-state index contributed by atoms with van der Waals surface area (Å²) in [5.41, 5.74) is 0.983. The molecule has 1 heterocycles. The Morgan fingerprint density at radius 1 is 0.738 bits per heavy atom. The second kappa shape index (κ2) is 13.6. The summed E-state index contributed by atoms with van der Waals surface area (Å²) >= 11 is 0. The van der Waals surface area contributed by atoms with Crippen molar-refractivity contribution >= 4 is 22.7 Å². The van der Waals surface area contributed by atoms with E-state index in [0.717, 1.165) is 0 Å². The third kappa shape index (κ3) is 5.89. The number of carboxylic acid groups (broad SMARTS) is 1. The van der Waals surface area contributed by atoms with Crippen LogP contribution in [0.3, 0.4) is 0 Å². The zero-order valence-corrected chi connectivity index (χ0v) is 26.4. The molecular formula is C30H29NNaO10+. The predicted octanol–water partition coefficient (Wildman–Crippen LogP) is 1.12. The maximum absolute atomic E-state index is 14.1. The molecule has 0 aliphatic rings. The van der Waals surface area contributed by atoms with Crippen LogP contribution >= 0.6 is 0 Å². The molecule has 0 amide bonds. The van der Waals surface area contributed by atoms with Gasteiger partial charge in [0.05, 0.1) is 54.5 Å². The zero-order chi connectivity index (χ0) is 29.8. The molecule has 0 fully saturated rings. The van der Waals surface area contributed by atoms with E-state index in [1.807, 2.05) is 0 Å². The Morgan fingerprint density at radius 3 is 1.71 bits per heavy atom. The van der Waals surface area contributed by atoms with Crippen LogP contribution < -0.4 is 58.8 Å². The van der Waals surface area contributed by atoms with E-state index in [9.17, 15) is 19.5 Å². The van der Waals surface area contributed by atoms with Crippen molar-refractivity contribution in [3.63, 3.8) is 0 Å². The number of hydrogen-bond donors (Lipinski definition) is 1. The fourth-order valence-corrected chi connectivity index (χ4v) is 4.72. The fourth-order valence-electron chi connectivity index (χ4n) is 4.72. The molecule has 11 nitrogen and oxygen atoms in total. The van der Waals surface area contributed by atoms with Crippen molar-refractivity contribution < 1.29 is 72.7 Å². The summed E-state index contributed by atoms with van der Waals surface area (Å²) in [6, 6.07) is 12.8. The number of ether oxygens (including phenoxy) is 6. The molecule has 214 valence electrons. The molecule has 0 radical (unpaired) electrons. The number of carbonyl (C=O) groups excluding carboxylic acids is 1. The monoisotopic (exact) mass is 586 g/mol. The van der Waals surface area contributed by atoms with Gasteiger partial charge in [0.15, 0.2) is 23.0 Å². The molecule has 0 saturated heterocycles. The number of benzene rings is 3. The van der Waals surface area contributed by atoms with Crippen LogP contribution in [0.25, 0.3) is 27.6 Å². The maximum atomic E-state index is 14.1. The Balaban J connectivity index is 0.00000484. The van der Waals surface area contributed by atoms with E-state index < -0.39 is 17.5 Å². The zero-order valence-electron chi connectivity index (χ0n) is 24.4. The average molecular weight is 587 g/mol. The van der Waals surface area contributed by atoms with Gasteiger partial charge in [0.2, 0.25) is 5.75 Å². The molecule has 0 aliphatic heterocycles. The van der Waals surface area contributed by atoms with E-state index in [4.69, 9.17) is 28.4 Å². The van der Waals surface area contributed by atoms with Crippen molar-refractivity contribution in [1.29, 1.82) is 0 Å². The first kappa shape index (κ1) is 32.3. The van der Waals surface area contributed by atoms with Gasteiger partial charge in [-0.3, -0.25) is 14.2 Å². The Hall–Kier alpha value is -4.19. The summed E-state index contributed by atoms with van der Waals surface area (Å²) in [6.07, 6.45) is -0.204. The number of carbonyl (C=O) groups is 2. The van der Waals surface area contributed by atoms with Gasteiger partial charge in [0, 0.05) is 16.6 Å². The van der Waals surface area contributed by atoms with E-state index in [1.54, 1.807) is 42.5 Å². The molecule has 0 atom stereocenters. The topological polar surface area (TPSA) is 132 Å². The summed E-state index contributed by atoms with van der Waals surface area (Å²) in [7, 11) is 8.53. The summed E-state index contributed by atoms with van der Waals surface area (Å²) in [6.45, 7) is 0. The van der Waals surface area contributed by atoms with Crippen LogP contribution in [0.2, 0.25) is 0 Å². The first-order valence-corrected chi connectivity index (χ1v) is 12.3. The summed E-state index contributed by atoms with van der Waals surface area (Å²) in [4.78, 5) is 38.8. The number of aliphatic carboxylic acids is 1. The molecular weight excluding hydrogens is 557 g/mol. The molecule has 0 spiro atoms. The van der Waals surface area contributed by atoms with Crippen molar-refractivity contribution in [2.75, 3.05) is 42.7 Å². The van der Waals surface area contributed by atoms with Crippen molar-refractivity contribution in [3.8, 4) is 45.6 Å². The van der Waals surface area contributed by atoms with E-state index in [0.29, 0.717) is 56.5 Å². The summed E-state index contributed by atoms with van der Waals surface area (Å²) in [5, 5.41) is 9.77. The van der Waals surface area contributed by atoms with Crippen LogP contribution in [0, 0.1) is 0 Å². The van der Waals surface area contributed by atoms with Crippen molar-refractivity contribution in [2.24, 2.45) is 0 Å². The molecule has 0 bridgehead atoms. The van der Waals surface area contributed by atoms with Gasteiger partial charge in [-0.15, -0.1) is 0 Å². The van der Waals surface area contributed by atoms with E-state index in [-0.39, 0.29) is 47.1 Å². The van der Waals surface area contributed by atoms with Crippen LogP contribution in [0.15, 0.2) is 53.3 Å². The van der Waals surface area contributed by atoms with Gasteiger partial charge < -0.3 is 33.5 Å². The summed E-state index contributed by atoms with van der Waals surface area (Å²) < 4.78 is 34.0. The van der Waals surface area contributed by atoms with Gasteiger partial charge in [0.25, 0.3) is 5.56 Å². The van der Waals surface area contributed by atoms with E-state index >= 15 is 0 Å². The molecule has 0 saturated carbocycles. The quantitative estimate of drug-likeness (QED) is 0.213. The number of methoxy groups -OCH3 is 6. The number of hydrogen-bond acceptors (Lipinski definition) is 9. The van der Waals surface area contributed by atoms with Gasteiger partial charge >= 0.3 is 41.5 Å². The van der Waals surface area contributed by atoms with Gasteiger partial charge in [-0.25, -0.2) is 4.79 Å². The molecule has 4 rings (SSSR count). The summed E-state index contributed by atoms with van der Waals surface area (Å²) in [5.74, 6) is -0.172. The number of aromatic nitrogens is 1. The van der Waals surface area contributed by atoms with Crippen LogP contribution in [-0.2, 0) is 16.0 Å². The molecule has 0 aliphatic carbocycles. The third-order valence-corrected chi connectivity index (χ3v) is 6.57. The van der Waals surface area contributed by atoms with Crippen molar-refractivity contribution in [1.82, 2.24) is 4.57 Å². The number of pyridine rings is 1. The molecule has 12 heteroatoms. The Morgan fingerprint density at radius 2 is 1.26 bits per heavy atom. The maximum Gasteiger partial charge on any atom is 1.00 e. The predicted molar refractivity (Wildman–Crippen MR) is 150 cm³/mol. The van der Waals surface area contributed by atoms with Gasteiger partial charge in [-0.2, -0.15) is 0 Å². The normalized spacial score (nSPS) is 10.4. The second-order valence-electron chi connectivity index (χ2n) is 8.76. The minimum atomic E-state index is -0.999. The Kier molecular flexibility index (Phi) is 10.5. The van der Waals surface area contributed by atoms with Crippen LogP contribution in [0.4, 0.5) is 0 Å². The van der Waals surface area contributed by atoms with Crippen LogP contribution in [0.1, 0.15) is 16.1 Å². The smallest absolute Gasteiger partial charge is 0.493 e. The SMILES string of the molecule is COC(=O)c1c(-c2cc(OC)c(OC)c(OC)c2)c2cc(OC)c(OC)cc2c(=O)n1-c1ccc(CC(=O)O)cc1.[Na+]. The fraction of sp³-hybridized carbons (Fsp3) is 0.233. The molecule has 1 N–H and O–H groups in total. The van der Waals surface area contributed by atoms with E-state index in [1.165, 1.54) is 53.3 Å². The first-order valence-electron chi connectivity index (χ1n) is 12.3. The van der Waals surface area contributed by atoms with Crippen molar-refractivity contribution in [2.45, 2.75) is 6.42 Å². The minimum absolute atomic E-state index is 0. The van der Waals surface area contributed by atoms with Gasteiger partial charge in [0.1, 0.15) is 5.69 Å². The number of esters is 1. The van der Waals surface area contributed by atoms with Gasteiger partial charge in [-0.05, 0) is 47.5 Å². The molecule has 0 unspecified atom stereocenters. The third-order valence-electron chi connectivity index (χ3n) is 6.57. The van der Waals surface area contributed by atoms with E-state index in [2.05, 4.69) is 0 Å². The first-order chi connectivity index (χ1) is 19.7. The molecule has 3 aromatic carbocycles. The number of rotatable bonds is 10. The van der Waals surface area contributed by atoms with Crippen LogP contribution in [0.5, 0.6) is 28.7 Å². The standard InChI is InChI=1S/C30H29NO10.Na/c1-36-21-14-19-20(15-22(21)37-2)29(34)31(18-9-7-16(8-10-18)11-25(32)33)27(30(35)41-6)26(19)17-12-23(38-3)28(40-5)24(13-17)39-4;/h7-10,12-15H,11H2,1-6H3,(H,32,33);/q;+1. The Bertz CT molecular complexity index is 1670. The molecule has 4 aromatic rings. The largest absolute Gasteiger partial charge is 1.00 e. The number of nitrogens with zero attached hydrogens (tertiary/aromatic N) is 1. The van der Waals surface area contributed by atoms with Crippen LogP contribution in [-0.4, -0.2) is 64.3 Å². The number of carboxylic acids is 1. The number of fused-ring (bicyclic) bond motifs is 1. The molecule has 1 aromatic heterocycles. The van der Waals surface area contributed by atoms with Crippen molar-refractivity contribution in [3.05, 3.63) is 70.1 Å². The second-order valence-corrected chi connectivity index (χ2v) is 8.76. The average Bonchev–Trinajstić information content (AvgIpc) is 2.99. The Labute approximate surface area is 263 Å². The molecule has 42 heavy (non-hydrogen) atoms. The van der Waals surface area contributed by atoms with Gasteiger partial charge in [-0.1, -0.05) is 12.1 Å². The minimum Gasteiger partial charge on any atom is -0.493 e.